The molecule has 0 bridgehead atoms. The summed E-state index contributed by atoms with van der Waals surface area (Å²) in [5.41, 5.74) is 2.82. The van der Waals surface area contributed by atoms with Gasteiger partial charge in [0.2, 0.25) is 0 Å². The second-order valence-corrected chi connectivity index (χ2v) is 6.71. The van der Waals surface area contributed by atoms with Crippen LogP contribution >= 0.6 is 11.3 Å². The predicted molar refractivity (Wildman–Crippen MR) is 98.2 cm³/mol. The first kappa shape index (κ1) is 16.5. The van der Waals surface area contributed by atoms with Crippen molar-refractivity contribution in [2.75, 3.05) is 5.32 Å². The smallest absolute Gasteiger partial charge is 0.180 e. The summed E-state index contributed by atoms with van der Waals surface area (Å²) in [7, 11) is 0. The van der Waals surface area contributed by atoms with Gasteiger partial charge >= 0.3 is 0 Å². The van der Waals surface area contributed by atoms with E-state index in [4.69, 9.17) is 0 Å². The zero-order chi connectivity index (χ0) is 16.9. The van der Waals surface area contributed by atoms with Crippen LogP contribution in [-0.4, -0.2) is 19.9 Å². The van der Waals surface area contributed by atoms with Gasteiger partial charge in [-0.25, -0.2) is 15.0 Å². The molecule has 0 radical (unpaired) electrons. The summed E-state index contributed by atoms with van der Waals surface area (Å²) in [5.74, 6) is 1.92. The van der Waals surface area contributed by atoms with Gasteiger partial charge in [0.1, 0.15) is 11.5 Å². The molecule has 0 saturated heterocycles. The summed E-state index contributed by atoms with van der Waals surface area (Å²) in [6.07, 6.45) is 2.61. The molecule has 3 heterocycles. The summed E-state index contributed by atoms with van der Waals surface area (Å²) < 4.78 is 0. The van der Waals surface area contributed by atoms with Crippen LogP contribution in [0.5, 0.6) is 0 Å². The first-order valence-electron chi connectivity index (χ1n) is 8.13. The predicted octanol–water partition coefficient (Wildman–Crippen LogP) is 4.29. The molecule has 3 aromatic heterocycles. The van der Waals surface area contributed by atoms with Gasteiger partial charge in [0.25, 0.3) is 0 Å². The third-order valence-electron chi connectivity index (χ3n) is 3.55. The van der Waals surface area contributed by atoms with Crippen LogP contribution in [0.2, 0.25) is 0 Å². The standard InChI is InChI=1S/C18H21N5S/c1-4-13-9-16(20-10-14-11-24-18(22-14)12(2)3)23-17(21-13)15-7-5-6-8-19-15/h5-9,11-12H,4,10H2,1-3H3,(H,20,21,23). The third kappa shape index (κ3) is 3.94. The Morgan fingerprint density at radius 2 is 2.00 bits per heavy atom. The molecular formula is C18H21N5S. The second kappa shape index (κ2) is 7.49. The molecule has 0 aliphatic carbocycles. The molecule has 0 spiro atoms. The van der Waals surface area contributed by atoms with E-state index in [0.29, 0.717) is 18.3 Å². The van der Waals surface area contributed by atoms with Gasteiger partial charge in [-0.15, -0.1) is 11.3 Å². The van der Waals surface area contributed by atoms with Gasteiger partial charge in [0.05, 0.1) is 17.2 Å². The molecule has 0 aromatic carbocycles. The zero-order valence-corrected chi connectivity index (χ0v) is 15.0. The van der Waals surface area contributed by atoms with E-state index in [2.05, 4.69) is 51.4 Å². The molecule has 0 aliphatic rings. The van der Waals surface area contributed by atoms with Crippen LogP contribution in [0.1, 0.15) is 43.1 Å². The number of nitrogens with one attached hydrogen (secondary N) is 1. The van der Waals surface area contributed by atoms with E-state index in [-0.39, 0.29) is 0 Å². The van der Waals surface area contributed by atoms with E-state index >= 15 is 0 Å². The lowest BCUT2D eigenvalue weighted by Crippen LogP contribution is -2.05. The van der Waals surface area contributed by atoms with E-state index in [1.807, 2.05) is 24.3 Å². The maximum absolute atomic E-state index is 4.65. The Labute approximate surface area is 146 Å². The van der Waals surface area contributed by atoms with Crippen molar-refractivity contribution in [3.8, 4) is 11.5 Å². The van der Waals surface area contributed by atoms with Crippen LogP contribution in [0.25, 0.3) is 11.5 Å². The fourth-order valence-electron chi connectivity index (χ4n) is 2.23. The third-order valence-corrected chi connectivity index (χ3v) is 4.74. The summed E-state index contributed by atoms with van der Waals surface area (Å²) in [6, 6.07) is 7.75. The van der Waals surface area contributed by atoms with Gasteiger partial charge in [-0.3, -0.25) is 4.98 Å². The van der Waals surface area contributed by atoms with Crippen LogP contribution in [0.3, 0.4) is 0 Å². The van der Waals surface area contributed by atoms with E-state index in [1.54, 1.807) is 17.5 Å². The highest BCUT2D eigenvalue weighted by Gasteiger charge is 2.09. The van der Waals surface area contributed by atoms with Crippen molar-refractivity contribution in [2.45, 2.75) is 39.7 Å². The lowest BCUT2D eigenvalue weighted by molar-refractivity contribution is 0.840. The fraction of sp³-hybridized carbons (Fsp3) is 0.333. The molecule has 0 amide bonds. The lowest BCUT2D eigenvalue weighted by Gasteiger charge is -2.08. The minimum Gasteiger partial charge on any atom is -0.364 e. The number of aryl methyl sites for hydroxylation is 1. The summed E-state index contributed by atoms with van der Waals surface area (Å²) in [6.45, 7) is 7.06. The van der Waals surface area contributed by atoms with Crippen LogP contribution in [-0.2, 0) is 13.0 Å². The second-order valence-electron chi connectivity index (χ2n) is 5.82. The number of nitrogens with zero attached hydrogens (tertiary/aromatic N) is 4. The Bertz CT molecular complexity index is 798. The lowest BCUT2D eigenvalue weighted by atomic mass is 10.2. The van der Waals surface area contributed by atoms with Crippen LogP contribution < -0.4 is 5.32 Å². The number of hydrogen-bond acceptors (Lipinski definition) is 6. The van der Waals surface area contributed by atoms with Crippen LogP contribution in [0.4, 0.5) is 5.82 Å². The molecule has 3 aromatic rings. The Hall–Kier alpha value is -2.34. The molecular weight excluding hydrogens is 318 g/mol. The van der Waals surface area contributed by atoms with Gasteiger partial charge in [0, 0.05) is 29.3 Å². The molecule has 124 valence electrons. The van der Waals surface area contributed by atoms with Gasteiger partial charge in [-0.1, -0.05) is 26.8 Å². The van der Waals surface area contributed by atoms with Crippen molar-refractivity contribution in [1.29, 1.82) is 0 Å². The van der Waals surface area contributed by atoms with Crippen molar-refractivity contribution >= 4 is 17.2 Å². The monoisotopic (exact) mass is 339 g/mol. The van der Waals surface area contributed by atoms with E-state index in [1.165, 1.54) is 0 Å². The average Bonchev–Trinajstić information content (AvgIpc) is 3.10. The number of anilines is 1. The molecule has 0 unspecified atom stereocenters. The Kier molecular flexibility index (Phi) is 5.15. The van der Waals surface area contributed by atoms with E-state index in [9.17, 15) is 0 Å². The molecule has 6 heteroatoms. The minimum atomic E-state index is 0.463. The van der Waals surface area contributed by atoms with Crippen molar-refractivity contribution in [2.24, 2.45) is 0 Å². The molecule has 0 aliphatic heterocycles. The summed E-state index contributed by atoms with van der Waals surface area (Å²) in [5, 5.41) is 6.63. The van der Waals surface area contributed by atoms with Crippen molar-refractivity contribution in [3.63, 3.8) is 0 Å². The molecule has 3 rings (SSSR count). The van der Waals surface area contributed by atoms with Crippen molar-refractivity contribution in [1.82, 2.24) is 19.9 Å². The molecule has 1 N–H and O–H groups in total. The number of pyridine rings is 1. The van der Waals surface area contributed by atoms with Gasteiger partial charge in [0.15, 0.2) is 5.82 Å². The minimum absolute atomic E-state index is 0.463. The van der Waals surface area contributed by atoms with Crippen LogP contribution in [0, 0.1) is 0 Å². The number of hydrogen-bond donors (Lipinski definition) is 1. The van der Waals surface area contributed by atoms with Crippen LogP contribution in [0.15, 0.2) is 35.8 Å². The maximum atomic E-state index is 4.65. The van der Waals surface area contributed by atoms with Gasteiger partial charge in [-0.2, -0.15) is 0 Å². The highest BCUT2D eigenvalue weighted by Crippen LogP contribution is 2.20. The van der Waals surface area contributed by atoms with Crippen molar-refractivity contribution < 1.29 is 0 Å². The number of rotatable bonds is 6. The Morgan fingerprint density at radius 1 is 1.12 bits per heavy atom. The SMILES string of the molecule is CCc1cc(NCc2csc(C(C)C)n2)nc(-c2ccccn2)n1. The topological polar surface area (TPSA) is 63.6 Å². The maximum Gasteiger partial charge on any atom is 0.180 e. The van der Waals surface area contributed by atoms with Crippen molar-refractivity contribution in [3.05, 3.63) is 52.2 Å². The molecule has 0 fully saturated rings. The molecule has 24 heavy (non-hydrogen) atoms. The highest BCUT2D eigenvalue weighted by atomic mass is 32.1. The number of thiazole rings is 1. The largest absolute Gasteiger partial charge is 0.364 e. The van der Waals surface area contributed by atoms with E-state index < -0.39 is 0 Å². The summed E-state index contributed by atoms with van der Waals surface area (Å²) >= 11 is 1.71. The quantitative estimate of drug-likeness (QED) is 0.725. The first-order valence-corrected chi connectivity index (χ1v) is 9.01. The fourth-order valence-corrected chi connectivity index (χ4v) is 3.06. The van der Waals surface area contributed by atoms with Gasteiger partial charge < -0.3 is 5.32 Å². The average molecular weight is 339 g/mol. The highest BCUT2D eigenvalue weighted by molar-refractivity contribution is 7.09. The van der Waals surface area contributed by atoms with Gasteiger partial charge in [-0.05, 0) is 18.6 Å². The first-order chi connectivity index (χ1) is 11.7. The Balaban J connectivity index is 1.79. The Morgan fingerprint density at radius 3 is 2.67 bits per heavy atom. The van der Waals surface area contributed by atoms with E-state index in [0.717, 1.165) is 34.3 Å². The normalized spacial score (nSPS) is 11.0. The summed E-state index contributed by atoms with van der Waals surface area (Å²) in [4.78, 5) is 18.2. The number of aromatic nitrogens is 4. The molecule has 5 nitrogen and oxygen atoms in total. The molecule has 0 saturated carbocycles. The molecule has 0 atom stereocenters. The zero-order valence-electron chi connectivity index (χ0n) is 14.2.